The van der Waals surface area contributed by atoms with Gasteiger partial charge in [-0.3, -0.25) is 14.4 Å². The highest BCUT2D eigenvalue weighted by Gasteiger charge is 2.90. The summed E-state index contributed by atoms with van der Waals surface area (Å²) in [5.74, 6) is -4.20. The van der Waals surface area contributed by atoms with Crippen LogP contribution in [0.4, 0.5) is 0 Å². The van der Waals surface area contributed by atoms with Crippen molar-refractivity contribution in [3.05, 3.63) is 11.6 Å². The average Bonchev–Trinajstić information content (AvgIpc) is 2.80. The third-order valence-corrected chi connectivity index (χ3v) is 9.57. The molecule has 31 heavy (non-hydrogen) atoms. The Morgan fingerprint density at radius 3 is 2.55 bits per heavy atom. The highest BCUT2D eigenvalue weighted by atomic mass is 16.8. The molecule has 0 radical (unpaired) electrons. The normalized spacial score (nSPS) is 55.4. The number of rotatable bonds is 1. The number of aliphatic hydroxyl groups excluding tert-OH is 1. The quantitative estimate of drug-likeness (QED) is 0.500. The predicted octanol–water partition coefficient (Wildman–Crippen LogP) is 1.81. The first-order valence-electron chi connectivity index (χ1n) is 11.4. The van der Waals surface area contributed by atoms with Gasteiger partial charge in [-0.25, -0.2) is 0 Å². The van der Waals surface area contributed by atoms with E-state index < -0.39 is 51.9 Å². The first kappa shape index (κ1) is 20.2. The van der Waals surface area contributed by atoms with Crippen molar-refractivity contribution < 1.29 is 33.7 Å². The minimum absolute atomic E-state index is 0.0124. The molecule has 7 rings (SSSR count). The van der Waals surface area contributed by atoms with Crippen LogP contribution in [0.25, 0.3) is 0 Å². The Hall–Kier alpha value is -1.41. The molecule has 6 fully saturated rings. The number of allylic oxidation sites excluding steroid dienone is 2. The molecule has 1 N–H and O–H groups in total. The highest BCUT2D eigenvalue weighted by Crippen LogP contribution is 2.78. The molecular formula is C24H30O7. The minimum atomic E-state index is -1.57. The van der Waals surface area contributed by atoms with Crippen molar-refractivity contribution in [1.82, 2.24) is 0 Å². The summed E-state index contributed by atoms with van der Waals surface area (Å²) in [5, 5.41) is 12.0. The number of carbonyl (C=O) groups excluding carboxylic acids is 3. The fraction of sp³-hybridized carbons (Fsp3) is 0.792. The molecule has 3 heterocycles. The molecule has 0 aromatic carbocycles. The smallest absolute Gasteiger partial charge is 0.213 e. The topological polar surface area (TPSA) is 99.1 Å². The molecule has 3 saturated carbocycles. The SMILES string of the molecule is CC1C(=O)[C@@]23[C@@H]4OC(C)(C)O[C@]25OC[C@]2(C(=O)C(C=O)=CC(C)(C)[C@H]2[C@@H]5O)[C@@H]3CC[C@@H]14. The summed E-state index contributed by atoms with van der Waals surface area (Å²) in [6, 6.07) is 0. The fourth-order valence-electron chi connectivity index (χ4n) is 8.93. The number of ketones is 2. The van der Waals surface area contributed by atoms with Crippen molar-refractivity contribution in [2.75, 3.05) is 6.61 Å². The lowest BCUT2D eigenvalue weighted by molar-refractivity contribution is -0.522. The molecule has 1 unspecified atom stereocenters. The van der Waals surface area contributed by atoms with Crippen LogP contribution < -0.4 is 0 Å². The van der Waals surface area contributed by atoms with Crippen LogP contribution in [-0.4, -0.2) is 53.3 Å². The standard InChI is InChI=1S/C24H30O7/c1-11-13-6-7-14-22-10-29-24(23(14,16(11)26)19(13)30-21(4,5)31-24)18(28)15(22)20(2,3)8-12(9-25)17(22)27/h8-9,11,13-15,18-19,28H,6-7,10H2,1-5H3/t11?,13-,14-,15+,18-,19+,22-,23-,24-/m0/s1. The van der Waals surface area contributed by atoms with Gasteiger partial charge in [0.25, 0.3) is 0 Å². The van der Waals surface area contributed by atoms with E-state index in [1.165, 1.54) is 0 Å². The Labute approximate surface area is 181 Å². The summed E-state index contributed by atoms with van der Waals surface area (Å²) in [7, 11) is 0. The second-order valence-corrected chi connectivity index (χ2v) is 11.6. The molecule has 3 aliphatic heterocycles. The minimum Gasteiger partial charge on any atom is -0.387 e. The zero-order valence-corrected chi connectivity index (χ0v) is 18.6. The molecule has 4 aliphatic carbocycles. The van der Waals surface area contributed by atoms with Gasteiger partial charge in [-0.1, -0.05) is 26.8 Å². The highest BCUT2D eigenvalue weighted by molar-refractivity contribution is 6.16. The summed E-state index contributed by atoms with van der Waals surface area (Å²) in [6.45, 7) is 9.41. The first-order chi connectivity index (χ1) is 14.4. The number of carbonyl (C=O) groups is 3. The van der Waals surface area contributed by atoms with E-state index in [1.54, 1.807) is 19.9 Å². The molecule has 7 heteroatoms. The third kappa shape index (κ3) is 1.81. The average molecular weight is 430 g/mol. The lowest BCUT2D eigenvalue weighted by Gasteiger charge is -2.76. The van der Waals surface area contributed by atoms with Gasteiger partial charge in [0.1, 0.15) is 11.5 Å². The second kappa shape index (κ2) is 5.38. The molecule has 168 valence electrons. The van der Waals surface area contributed by atoms with Crippen molar-refractivity contribution in [2.45, 2.75) is 71.2 Å². The Kier molecular flexibility index (Phi) is 3.51. The van der Waals surface area contributed by atoms with E-state index in [2.05, 4.69) is 0 Å². The largest absolute Gasteiger partial charge is 0.387 e. The van der Waals surface area contributed by atoms with Gasteiger partial charge >= 0.3 is 0 Å². The summed E-state index contributed by atoms with van der Waals surface area (Å²) in [5.41, 5.74) is -2.96. The molecule has 9 atom stereocenters. The predicted molar refractivity (Wildman–Crippen MR) is 106 cm³/mol. The lowest BCUT2D eigenvalue weighted by atomic mass is 9.36. The first-order valence-corrected chi connectivity index (χ1v) is 11.4. The molecule has 7 aliphatic rings. The van der Waals surface area contributed by atoms with Gasteiger partial charge in [0.05, 0.1) is 23.7 Å². The van der Waals surface area contributed by atoms with E-state index in [1.807, 2.05) is 20.8 Å². The monoisotopic (exact) mass is 430 g/mol. The van der Waals surface area contributed by atoms with E-state index in [0.29, 0.717) is 12.7 Å². The van der Waals surface area contributed by atoms with Crippen molar-refractivity contribution in [2.24, 2.45) is 39.9 Å². The summed E-state index contributed by atoms with van der Waals surface area (Å²) < 4.78 is 19.2. The van der Waals surface area contributed by atoms with Crippen molar-refractivity contribution in [3.8, 4) is 0 Å². The van der Waals surface area contributed by atoms with Gasteiger partial charge < -0.3 is 19.3 Å². The molecule has 3 saturated heterocycles. The van der Waals surface area contributed by atoms with Crippen molar-refractivity contribution >= 4 is 17.9 Å². The van der Waals surface area contributed by atoms with Crippen LogP contribution in [0.1, 0.15) is 47.5 Å². The number of aldehydes is 1. The van der Waals surface area contributed by atoms with E-state index in [0.717, 1.165) is 6.42 Å². The number of hydrogen-bond acceptors (Lipinski definition) is 7. The van der Waals surface area contributed by atoms with Crippen LogP contribution in [0, 0.1) is 39.9 Å². The molecule has 4 bridgehead atoms. The zero-order chi connectivity index (χ0) is 22.4. The molecular weight excluding hydrogens is 400 g/mol. The third-order valence-electron chi connectivity index (χ3n) is 9.57. The Bertz CT molecular complexity index is 965. The maximum absolute atomic E-state index is 14.0. The van der Waals surface area contributed by atoms with Gasteiger partial charge in [-0.15, -0.1) is 0 Å². The van der Waals surface area contributed by atoms with Gasteiger partial charge in [-0.2, -0.15) is 0 Å². The summed E-state index contributed by atoms with van der Waals surface area (Å²) in [6.07, 6.45) is 1.99. The molecule has 0 amide bonds. The van der Waals surface area contributed by atoms with Gasteiger partial charge in [0.2, 0.25) is 5.79 Å². The van der Waals surface area contributed by atoms with Gasteiger partial charge in [0.15, 0.2) is 23.6 Å². The van der Waals surface area contributed by atoms with Crippen LogP contribution in [0.5, 0.6) is 0 Å². The summed E-state index contributed by atoms with van der Waals surface area (Å²) >= 11 is 0. The van der Waals surface area contributed by atoms with Crippen LogP contribution in [-0.2, 0) is 28.6 Å². The maximum atomic E-state index is 14.0. The van der Waals surface area contributed by atoms with E-state index in [9.17, 15) is 19.5 Å². The van der Waals surface area contributed by atoms with Crippen LogP contribution in [0.2, 0.25) is 0 Å². The number of ether oxygens (including phenoxy) is 3. The van der Waals surface area contributed by atoms with Gasteiger partial charge in [-0.05, 0) is 43.9 Å². The lowest BCUT2D eigenvalue weighted by Crippen LogP contribution is -2.88. The van der Waals surface area contributed by atoms with E-state index in [-0.39, 0.29) is 35.6 Å². The number of fused-ring (bicyclic) bond motifs is 1. The summed E-state index contributed by atoms with van der Waals surface area (Å²) in [4.78, 5) is 39.8. The van der Waals surface area contributed by atoms with Crippen LogP contribution >= 0.6 is 0 Å². The Morgan fingerprint density at radius 2 is 1.87 bits per heavy atom. The van der Waals surface area contributed by atoms with E-state index >= 15 is 0 Å². The zero-order valence-electron chi connectivity index (χ0n) is 18.6. The van der Waals surface area contributed by atoms with Gasteiger partial charge in [0, 0.05) is 11.8 Å². The van der Waals surface area contributed by atoms with Crippen LogP contribution in [0.3, 0.4) is 0 Å². The molecule has 0 aromatic heterocycles. The Morgan fingerprint density at radius 1 is 1.16 bits per heavy atom. The number of aliphatic hydroxyl groups is 1. The van der Waals surface area contributed by atoms with Crippen molar-refractivity contribution in [3.63, 3.8) is 0 Å². The molecule has 7 nitrogen and oxygen atoms in total. The number of hydrogen-bond donors (Lipinski definition) is 1. The fourth-order valence-corrected chi connectivity index (χ4v) is 8.93. The van der Waals surface area contributed by atoms with E-state index in [4.69, 9.17) is 14.2 Å². The molecule has 3 spiro atoms. The number of Topliss-reactive ketones (excluding diaryl/α,β-unsaturated/α-hetero) is 2. The maximum Gasteiger partial charge on any atom is 0.213 e. The Balaban J connectivity index is 1.70. The van der Waals surface area contributed by atoms with Crippen LogP contribution in [0.15, 0.2) is 11.6 Å². The second-order valence-electron chi connectivity index (χ2n) is 11.6. The van der Waals surface area contributed by atoms with Crippen molar-refractivity contribution in [1.29, 1.82) is 0 Å². The molecule has 0 aromatic rings.